The first kappa shape index (κ1) is 18.8. The van der Waals surface area contributed by atoms with E-state index >= 15 is 0 Å². The van der Waals surface area contributed by atoms with Crippen molar-refractivity contribution in [3.05, 3.63) is 58.1 Å². The van der Waals surface area contributed by atoms with Crippen molar-refractivity contribution in [1.82, 2.24) is 4.72 Å². The van der Waals surface area contributed by atoms with Crippen molar-refractivity contribution in [2.24, 2.45) is 0 Å². The topological polar surface area (TPSA) is 128 Å². The van der Waals surface area contributed by atoms with E-state index in [2.05, 4.69) is 10.0 Å². The van der Waals surface area contributed by atoms with Crippen LogP contribution in [0.25, 0.3) is 0 Å². The number of non-ortho nitro benzene ring substituents is 1. The third kappa shape index (κ3) is 4.41. The molecule has 142 valence electrons. The summed E-state index contributed by atoms with van der Waals surface area (Å²) < 4.78 is 32.7. The van der Waals surface area contributed by atoms with Crippen LogP contribution in [0.3, 0.4) is 0 Å². The van der Waals surface area contributed by atoms with Crippen LogP contribution >= 0.6 is 0 Å². The molecule has 0 spiro atoms. The zero-order valence-corrected chi connectivity index (χ0v) is 15.2. The number of rotatable bonds is 7. The molecule has 1 aliphatic carbocycles. The lowest BCUT2D eigenvalue weighted by molar-refractivity contribution is -0.384. The first-order chi connectivity index (χ1) is 12.8. The summed E-state index contributed by atoms with van der Waals surface area (Å²) >= 11 is 0. The minimum Gasteiger partial charge on any atom is -0.495 e. The number of nitro benzene ring substituents is 1. The maximum absolute atomic E-state index is 12.5. The molecule has 2 aromatic rings. The van der Waals surface area contributed by atoms with Crippen molar-refractivity contribution in [3.63, 3.8) is 0 Å². The number of ether oxygens (including phenoxy) is 1. The van der Waals surface area contributed by atoms with Crippen LogP contribution in [0.15, 0.2) is 47.4 Å². The molecule has 9 nitrogen and oxygen atoms in total. The first-order valence-corrected chi connectivity index (χ1v) is 9.54. The maximum Gasteiger partial charge on any atom is 0.271 e. The number of nitrogens with one attached hydrogen (secondary N) is 2. The number of sulfonamides is 1. The number of nitro groups is 1. The number of hydrogen-bond acceptors (Lipinski definition) is 6. The zero-order valence-electron chi connectivity index (χ0n) is 14.3. The number of amides is 1. The van der Waals surface area contributed by atoms with Crippen LogP contribution < -0.4 is 14.8 Å². The van der Waals surface area contributed by atoms with Gasteiger partial charge >= 0.3 is 0 Å². The molecular formula is C17H17N3O6S. The molecule has 0 aliphatic heterocycles. The molecule has 0 radical (unpaired) electrons. The fraction of sp³-hybridized carbons (Fsp3) is 0.235. The minimum absolute atomic E-state index is 0.0819. The van der Waals surface area contributed by atoms with Crippen LogP contribution in [0.5, 0.6) is 5.75 Å². The van der Waals surface area contributed by atoms with Gasteiger partial charge in [0.2, 0.25) is 10.0 Å². The van der Waals surface area contributed by atoms with E-state index in [0.29, 0.717) is 0 Å². The van der Waals surface area contributed by atoms with E-state index in [-0.39, 0.29) is 33.6 Å². The molecular weight excluding hydrogens is 374 g/mol. The number of benzene rings is 2. The Hall–Kier alpha value is -2.98. The zero-order chi connectivity index (χ0) is 19.6. The van der Waals surface area contributed by atoms with E-state index < -0.39 is 20.9 Å². The molecule has 1 amide bonds. The largest absolute Gasteiger partial charge is 0.495 e. The van der Waals surface area contributed by atoms with Crippen LogP contribution in [0.4, 0.5) is 11.4 Å². The summed E-state index contributed by atoms with van der Waals surface area (Å²) in [7, 11) is -2.49. The lowest BCUT2D eigenvalue weighted by Gasteiger charge is -2.12. The SMILES string of the molecule is COc1ccc(C(=O)Nc2cccc([N+](=O)[O-])c2)cc1S(=O)(=O)NC1CC1. The molecule has 2 aromatic carbocycles. The molecule has 0 aromatic heterocycles. The van der Waals surface area contributed by atoms with E-state index in [0.717, 1.165) is 12.8 Å². The van der Waals surface area contributed by atoms with Gasteiger partial charge in [-0.2, -0.15) is 0 Å². The van der Waals surface area contributed by atoms with Gasteiger partial charge in [0.15, 0.2) is 0 Å². The molecule has 2 N–H and O–H groups in total. The van der Waals surface area contributed by atoms with Gasteiger partial charge in [0.05, 0.1) is 12.0 Å². The normalized spacial score (nSPS) is 13.8. The fourth-order valence-electron chi connectivity index (χ4n) is 2.41. The molecule has 0 heterocycles. The van der Waals surface area contributed by atoms with Crippen LogP contribution in [-0.4, -0.2) is 32.4 Å². The minimum atomic E-state index is -3.83. The summed E-state index contributed by atoms with van der Waals surface area (Å²) in [4.78, 5) is 22.6. The van der Waals surface area contributed by atoms with Crippen LogP contribution in [-0.2, 0) is 10.0 Å². The number of anilines is 1. The first-order valence-electron chi connectivity index (χ1n) is 8.06. The highest BCUT2D eigenvalue weighted by Gasteiger charge is 2.30. The van der Waals surface area contributed by atoms with Crippen LogP contribution in [0.1, 0.15) is 23.2 Å². The molecule has 0 bridgehead atoms. The molecule has 0 unspecified atom stereocenters. The van der Waals surface area contributed by atoms with Crippen LogP contribution in [0.2, 0.25) is 0 Å². The standard InChI is InChI=1S/C17H17N3O6S/c1-26-15-8-5-11(9-16(15)27(24,25)19-12-6-7-12)17(21)18-13-3-2-4-14(10-13)20(22)23/h2-5,8-10,12,19H,6-7H2,1H3,(H,18,21). The maximum atomic E-state index is 12.5. The van der Waals surface area contributed by atoms with Gasteiger partial charge in [0.1, 0.15) is 10.6 Å². The lowest BCUT2D eigenvalue weighted by Crippen LogP contribution is -2.26. The van der Waals surface area contributed by atoms with Gasteiger partial charge in [-0.15, -0.1) is 0 Å². The smallest absolute Gasteiger partial charge is 0.271 e. The summed E-state index contributed by atoms with van der Waals surface area (Å²) in [6.45, 7) is 0. The molecule has 1 saturated carbocycles. The van der Waals surface area contributed by atoms with E-state index in [1.807, 2.05) is 0 Å². The van der Waals surface area contributed by atoms with Gasteiger partial charge < -0.3 is 10.1 Å². The third-order valence-corrected chi connectivity index (χ3v) is 5.47. The number of hydrogen-bond donors (Lipinski definition) is 2. The number of carbonyl (C=O) groups is 1. The molecule has 1 aliphatic rings. The molecule has 3 rings (SSSR count). The summed E-state index contributed by atoms with van der Waals surface area (Å²) in [6, 6.07) is 9.40. The average molecular weight is 391 g/mol. The van der Waals surface area contributed by atoms with Crippen molar-refractivity contribution in [2.75, 3.05) is 12.4 Å². The second-order valence-corrected chi connectivity index (χ2v) is 7.71. The molecule has 0 saturated heterocycles. The van der Waals surface area contributed by atoms with Gasteiger partial charge in [0, 0.05) is 29.4 Å². The highest BCUT2D eigenvalue weighted by molar-refractivity contribution is 7.89. The van der Waals surface area contributed by atoms with Gasteiger partial charge in [0.25, 0.3) is 11.6 Å². The van der Waals surface area contributed by atoms with Crippen molar-refractivity contribution in [1.29, 1.82) is 0 Å². The Morgan fingerprint density at radius 3 is 2.59 bits per heavy atom. The second kappa shape index (κ2) is 7.33. The number of methoxy groups -OCH3 is 1. The van der Waals surface area contributed by atoms with Crippen molar-refractivity contribution >= 4 is 27.3 Å². The Morgan fingerprint density at radius 2 is 1.96 bits per heavy atom. The Labute approximate surface area is 155 Å². The quantitative estimate of drug-likeness (QED) is 0.551. The molecule has 0 atom stereocenters. The van der Waals surface area contributed by atoms with Gasteiger partial charge in [-0.05, 0) is 37.1 Å². The highest BCUT2D eigenvalue weighted by atomic mass is 32.2. The molecule has 27 heavy (non-hydrogen) atoms. The van der Waals surface area contributed by atoms with Crippen molar-refractivity contribution in [2.45, 2.75) is 23.8 Å². The van der Waals surface area contributed by atoms with E-state index in [1.54, 1.807) is 0 Å². The molecule has 1 fully saturated rings. The Bertz CT molecular complexity index is 1000. The summed E-state index contributed by atoms with van der Waals surface area (Å²) in [5.74, 6) is -0.476. The van der Waals surface area contributed by atoms with Gasteiger partial charge in [-0.25, -0.2) is 13.1 Å². The highest BCUT2D eigenvalue weighted by Crippen LogP contribution is 2.28. The number of nitrogens with zero attached hydrogens (tertiary/aromatic N) is 1. The summed E-state index contributed by atoms with van der Waals surface area (Å²) in [6.07, 6.45) is 1.54. The second-order valence-electron chi connectivity index (χ2n) is 6.02. The lowest BCUT2D eigenvalue weighted by atomic mass is 10.2. The van der Waals surface area contributed by atoms with E-state index in [4.69, 9.17) is 4.74 Å². The number of carbonyl (C=O) groups excluding carboxylic acids is 1. The summed E-state index contributed by atoms with van der Waals surface area (Å²) in [5, 5.41) is 13.4. The summed E-state index contributed by atoms with van der Waals surface area (Å²) in [5.41, 5.74) is 0.142. The van der Waals surface area contributed by atoms with E-state index in [9.17, 15) is 23.3 Å². The third-order valence-electron chi connectivity index (χ3n) is 3.93. The Kier molecular flexibility index (Phi) is 5.10. The Balaban J connectivity index is 1.88. The monoisotopic (exact) mass is 391 g/mol. The van der Waals surface area contributed by atoms with E-state index in [1.165, 1.54) is 49.6 Å². The predicted octanol–water partition coefficient (Wildman–Crippen LogP) is 2.30. The van der Waals surface area contributed by atoms with Gasteiger partial charge in [-0.3, -0.25) is 14.9 Å². The molecule has 10 heteroatoms. The van der Waals surface area contributed by atoms with Gasteiger partial charge in [-0.1, -0.05) is 6.07 Å². The fourth-order valence-corrected chi connectivity index (χ4v) is 3.91. The Morgan fingerprint density at radius 1 is 1.22 bits per heavy atom. The van der Waals surface area contributed by atoms with Crippen molar-refractivity contribution < 1.29 is 22.9 Å². The average Bonchev–Trinajstić information content (AvgIpc) is 3.44. The van der Waals surface area contributed by atoms with Crippen molar-refractivity contribution in [3.8, 4) is 5.75 Å². The van der Waals surface area contributed by atoms with Crippen LogP contribution in [0, 0.1) is 10.1 Å². The predicted molar refractivity (Wildman–Crippen MR) is 97.4 cm³/mol.